The zero-order valence-corrected chi connectivity index (χ0v) is 10.1. The van der Waals surface area contributed by atoms with Gasteiger partial charge in [0.1, 0.15) is 5.75 Å². The second-order valence-electron chi connectivity index (χ2n) is 3.33. The molecule has 4 nitrogen and oxygen atoms in total. The number of hydrogen-bond acceptors (Lipinski definition) is 3. The molecule has 0 aromatic heterocycles. The van der Waals surface area contributed by atoms with Gasteiger partial charge in [0, 0.05) is 12.6 Å². The summed E-state index contributed by atoms with van der Waals surface area (Å²) in [6.07, 6.45) is 1.17. The molecule has 0 aliphatic carbocycles. The predicted molar refractivity (Wildman–Crippen MR) is 61.0 cm³/mol. The normalized spacial score (nSPS) is 11.2. The first-order valence-corrected chi connectivity index (χ1v) is 6.30. The molecule has 0 spiro atoms. The van der Waals surface area contributed by atoms with Gasteiger partial charge in [-0.05, 0) is 19.1 Å². The van der Waals surface area contributed by atoms with Gasteiger partial charge in [0.2, 0.25) is 10.0 Å². The molecular formula is C10H15NO3S. The number of anilines is 1. The fourth-order valence-electron chi connectivity index (χ4n) is 1.34. The fourth-order valence-corrected chi connectivity index (χ4v) is 1.90. The molecule has 1 aromatic rings. The molecule has 0 N–H and O–H groups in total. The Labute approximate surface area is 90.5 Å². The van der Waals surface area contributed by atoms with Gasteiger partial charge in [0.05, 0.1) is 19.1 Å². The number of hydrogen-bond donors (Lipinski definition) is 0. The SMILES string of the molecule is COc1cccc(N(C)S(C)(=O)=O)c1C. The molecule has 84 valence electrons. The third-order valence-electron chi connectivity index (χ3n) is 2.31. The van der Waals surface area contributed by atoms with Crippen LogP contribution >= 0.6 is 0 Å². The Balaban J connectivity index is 3.27. The molecule has 0 fully saturated rings. The number of sulfonamides is 1. The lowest BCUT2D eigenvalue weighted by molar-refractivity contribution is 0.412. The molecule has 15 heavy (non-hydrogen) atoms. The van der Waals surface area contributed by atoms with Gasteiger partial charge in [0.15, 0.2) is 0 Å². The molecule has 0 saturated carbocycles. The van der Waals surface area contributed by atoms with Crippen molar-refractivity contribution in [2.75, 3.05) is 24.7 Å². The van der Waals surface area contributed by atoms with Crippen LogP contribution in [0, 0.1) is 6.92 Å². The number of benzene rings is 1. The van der Waals surface area contributed by atoms with Gasteiger partial charge in [-0.2, -0.15) is 0 Å². The van der Waals surface area contributed by atoms with Gasteiger partial charge in [-0.1, -0.05) is 6.07 Å². The Morgan fingerprint density at radius 2 is 1.93 bits per heavy atom. The number of methoxy groups -OCH3 is 1. The maximum Gasteiger partial charge on any atom is 0.232 e. The van der Waals surface area contributed by atoms with Crippen molar-refractivity contribution in [1.82, 2.24) is 0 Å². The second-order valence-corrected chi connectivity index (χ2v) is 5.35. The van der Waals surface area contributed by atoms with Gasteiger partial charge in [-0.3, -0.25) is 4.31 Å². The van der Waals surface area contributed by atoms with Crippen molar-refractivity contribution >= 4 is 15.7 Å². The van der Waals surface area contributed by atoms with Crippen molar-refractivity contribution in [1.29, 1.82) is 0 Å². The molecule has 0 atom stereocenters. The summed E-state index contributed by atoms with van der Waals surface area (Å²) in [5.74, 6) is 0.683. The molecule has 0 aliphatic rings. The van der Waals surface area contributed by atoms with Crippen LogP contribution in [0.3, 0.4) is 0 Å². The lowest BCUT2D eigenvalue weighted by Gasteiger charge is -2.20. The van der Waals surface area contributed by atoms with Crippen molar-refractivity contribution < 1.29 is 13.2 Å². The highest BCUT2D eigenvalue weighted by Gasteiger charge is 2.15. The third kappa shape index (κ3) is 2.41. The van der Waals surface area contributed by atoms with E-state index in [2.05, 4.69) is 0 Å². The topological polar surface area (TPSA) is 46.6 Å². The fraction of sp³-hybridized carbons (Fsp3) is 0.400. The molecular weight excluding hydrogens is 214 g/mol. The maximum absolute atomic E-state index is 11.4. The zero-order chi connectivity index (χ0) is 11.6. The average Bonchev–Trinajstić information content (AvgIpc) is 2.16. The van der Waals surface area contributed by atoms with Crippen LogP contribution in [0.1, 0.15) is 5.56 Å². The van der Waals surface area contributed by atoms with Crippen LogP contribution in [0.5, 0.6) is 5.75 Å². The van der Waals surface area contributed by atoms with Gasteiger partial charge in [-0.25, -0.2) is 8.42 Å². The van der Waals surface area contributed by atoms with Crippen LogP contribution in [-0.4, -0.2) is 28.8 Å². The minimum Gasteiger partial charge on any atom is -0.496 e. The van der Waals surface area contributed by atoms with E-state index in [0.29, 0.717) is 11.4 Å². The first-order valence-electron chi connectivity index (χ1n) is 4.45. The van der Waals surface area contributed by atoms with Crippen molar-refractivity contribution in [2.24, 2.45) is 0 Å². The largest absolute Gasteiger partial charge is 0.496 e. The number of nitrogens with zero attached hydrogens (tertiary/aromatic N) is 1. The quantitative estimate of drug-likeness (QED) is 0.787. The highest BCUT2D eigenvalue weighted by atomic mass is 32.2. The molecule has 0 aliphatic heterocycles. The summed E-state index contributed by atoms with van der Waals surface area (Å²) in [5, 5.41) is 0. The standard InChI is InChI=1S/C10H15NO3S/c1-8-9(11(2)15(4,12)13)6-5-7-10(8)14-3/h5-7H,1-4H3. The zero-order valence-electron chi connectivity index (χ0n) is 9.31. The first-order chi connectivity index (χ1) is 6.88. The molecule has 5 heteroatoms. The summed E-state index contributed by atoms with van der Waals surface area (Å²) in [6.45, 7) is 1.83. The predicted octanol–water partition coefficient (Wildman–Crippen LogP) is 1.40. The maximum atomic E-state index is 11.4. The average molecular weight is 229 g/mol. The van der Waals surface area contributed by atoms with Gasteiger partial charge < -0.3 is 4.74 Å². The van der Waals surface area contributed by atoms with E-state index in [1.807, 2.05) is 6.92 Å². The van der Waals surface area contributed by atoms with E-state index in [4.69, 9.17) is 4.74 Å². The van der Waals surface area contributed by atoms with Crippen LogP contribution in [-0.2, 0) is 10.0 Å². The van der Waals surface area contributed by atoms with E-state index in [1.165, 1.54) is 17.6 Å². The van der Waals surface area contributed by atoms with E-state index in [-0.39, 0.29) is 0 Å². The minimum absolute atomic E-state index is 0.636. The van der Waals surface area contributed by atoms with Crippen molar-refractivity contribution in [3.63, 3.8) is 0 Å². The molecule has 0 heterocycles. The van der Waals surface area contributed by atoms with Gasteiger partial charge in [-0.15, -0.1) is 0 Å². The highest BCUT2D eigenvalue weighted by molar-refractivity contribution is 7.92. The molecule has 1 aromatic carbocycles. The molecule has 0 amide bonds. The highest BCUT2D eigenvalue weighted by Crippen LogP contribution is 2.28. The van der Waals surface area contributed by atoms with E-state index in [0.717, 1.165) is 5.56 Å². The van der Waals surface area contributed by atoms with Crippen LogP contribution < -0.4 is 9.04 Å². The van der Waals surface area contributed by atoms with E-state index >= 15 is 0 Å². The summed E-state index contributed by atoms with van der Waals surface area (Å²) < 4.78 is 29.1. The van der Waals surface area contributed by atoms with Crippen LogP contribution in [0.15, 0.2) is 18.2 Å². The smallest absolute Gasteiger partial charge is 0.232 e. The summed E-state index contributed by atoms with van der Waals surface area (Å²) >= 11 is 0. The van der Waals surface area contributed by atoms with Gasteiger partial charge >= 0.3 is 0 Å². The second kappa shape index (κ2) is 4.10. The van der Waals surface area contributed by atoms with Crippen LogP contribution in [0.2, 0.25) is 0 Å². The van der Waals surface area contributed by atoms with Crippen LogP contribution in [0.4, 0.5) is 5.69 Å². The van der Waals surface area contributed by atoms with Crippen molar-refractivity contribution in [3.05, 3.63) is 23.8 Å². The van der Waals surface area contributed by atoms with Crippen molar-refractivity contribution in [2.45, 2.75) is 6.92 Å². The summed E-state index contributed by atoms with van der Waals surface area (Å²) in [4.78, 5) is 0. The Morgan fingerprint density at radius 1 is 1.33 bits per heavy atom. The summed E-state index contributed by atoms with van der Waals surface area (Å²) in [5.41, 5.74) is 1.45. The lowest BCUT2D eigenvalue weighted by Crippen LogP contribution is -2.25. The Bertz CT molecular complexity index is 454. The molecule has 0 unspecified atom stereocenters. The summed E-state index contributed by atoms with van der Waals surface area (Å²) in [6, 6.07) is 5.32. The molecule has 1 rings (SSSR count). The van der Waals surface area contributed by atoms with Gasteiger partial charge in [0.25, 0.3) is 0 Å². The van der Waals surface area contributed by atoms with E-state index in [1.54, 1.807) is 25.3 Å². The number of rotatable bonds is 3. The monoisotopic (exact) mass is 229 g/mol. The number of ether oxygens (including phenoxy) is 1. The summed E-state index contributed by atoms with van der Waals surface area (Å²) in [7, 11) is -0.139. The first kappa shape index (κ1) is 11.8. The molecule has 0 radical (unpaired) electrons. The Hall–Kier alpha value is -1.23. The Morgan fingerprint density at radius 3 is 2.40 bits per heavy atom. The van der Waals surface area contributed by atoms with Crippen LogP contribution in [0.25, 0.3) is 0 Å². The van der Waals surface area contributed by atoms with Crippen molar-refractivity contribution in [3.8, 4) is 5.75 Å². The third-order valence-corrected chi connectivity index (χ3v) is 3.50. The Kier molecular flexibility index (Phi) is 3.24. The van der Waals surface area contributed by atoms with E-state index in [9.17, 15) is 8.42 Å². The van der Waals surface area contributed by atoms with E-state index < -0.39 is 10.0 Å². The minimum atomic E-state index is -3.23. The molecule has 0 saturated heterocycles. The molecule has 0 bridgehead atoms. The lowest BCUT2D eigenvalue weighted by atomic mass is 10.2.